The van der Waals surface area contributed by atoms with Crippen LogP contribution in [0.1, 0.15) is 64.2 Å². The maximum atomic E-state index is 12.9. The van der Waals surface area contributed by atoms with Gasteiger partial charge in [0, 0.05) is 19.6 Å². The van der Waals surface area contributed by atoms with Crippen LogP contribution in [0.5, 0.6) is 5.75 Å². The first-order valence-corrected chi connectivity index (χ1v) is 11.7. The quantitative estimate of drug-likeness (QED) is 0.745. The molecule has 2 amide bonds. The van der Waals surface area contributed by atoms with E-state index in [-0.39, 0.29) is 17.2 Å². The number of thiazole rings is 1. The molecule has 1 aromatic heterocycles. The van der Waals surface area contributed by atoms with Crippen LogP contribution in [-0.4, -0.2) is 47.9 Å². The first-order valence-electron chi connectivity index (χ1n) is 10.8. The lowest BCUT2D eigenvalue weighted by Crippen LogP contribution is -2.48. The Balaban J connectivity index is 1.45. The third-order valence-electron chi connectivity index (χ3n) is 6.42. The molecular formula is C23H29N3O3S. The fraction of sp³-hybridized carbons (Fsp3) is 0.522. The Morgan fingerprint density at radius 2 is 1.97 bits per heavy atom. The molecule has 0 aliphatic carbocycles. The Hall–Kier alpha value is -2.41. The minimum absolute atomic E-state index is 0.0458. The molecule has 0 unspecified atom stereocenters. The van der Waals surface area contributed by atoms with Gasteiger partial charge in [-0.3, -0.25) is 9.59 Å². The van der Waals surface area contributed by atoms with Crippen LogP contribution < -0.4 is 10.1 Å². The lowest BCUT2D eigenvalue weighted by Gasteiger charge is -2.42. The summed E-state index contributed by atoms with van der Waals surface area (Å²) in [5, 5.41) is 3.17. The van der Waals surface area contributed by atoms with Gasteiger partial charge in [-0.15, -0.1) is 11.3 Å². The maximum absolute atomic E-state index is 12.9. The molecule has 7 heteroatoms. The summed E-state index contributed by atoms with van der Waals surface area (Å²) in [7, 11) is 0. The number of carbonyl (C=O) groups is 2. The number of rotatable bonds is 1. The van der Waals surface area contributed by atoms with Crippen molar-refractivity contribution in [2.75, 3.05) is 26.2 Å². The van der Waals surface area contributed by atoms with Gasteiger partial charge >= 0.3 is 0 Å². The summed E-state index contributed by atoms with van der Waals surface area (Å²) in [6, 6.07) is 7.45. The number of aryl methyl sites for hydroxylation is 1. The van der Waals surface area contributed by atoms with E-state index in [4.69, 9.17) is 4.74 Å². The van der Waals surface area contributed by atoms with Gasteiger partial charge in [-0.1, -0.05) is 25.0 Å². The molecule has 30 heavy (non-hydrogen) atoms. The molecule has 1 fully saturated rings. The smallest absolute Gasteiger partial charge is 0.265 e. The van der Waals surface area contributed by atoms with Crippen molar-refractivity contribution in [2.45, 2.75) is 45.4 Å². The van der Waals surface area contributed by atoms with Crippen molar-refractivity contribution in [1.82, 2.24) is 15.2 Å². The molecule has 1 aromatic carbocycles. The van der Waals surface area contributed by atoms with Crippen LogP contribution in [0.15, 0.2) is 29.8 Å². The molecule has 2 aliphatic rings. The van der Waals surface area contributed by atoms with Crippen molar-refractivity contribution in [3.63, 3.8) is 0 Å². The fourth-order valence-corrected chi connectivity index (χ4v) is 5.22. The lowest BCUT2D eigenvalue weighted by atomic mass is 9.74. The summed E-state index contributed by atoms with van der Waals surface area (Å²) in [5.74, 6) is 0.669. The molecule has 0 bridgehead atoms. The fourth-order valence-electron chi connectivity index (χ4n) is 4.45. The Morgan fingerprint density at radius 1 is 1.17 bits per heavy atom. The zero-order chi connectivity index (χ0) is 21.0. The number of carbonyl (C=O) groups excluding carboxylic acids is 2. The van der Waals surface area contributed by atoms with Gasteiger partial charge in [0.25, 0.3) is 11.8 Å². The topological polar surface area (TPSA) is 71.5 Å². The van der Waals surface area contributed by atoms with Gasteiger partial charge < -0.3 is 15.0 Å². The molecular weight excluding hydrogens is 398 g/mol. The number of nitrogens with zero attached hydrogens (tertiary/aromatic N) is 2. The van der Waals surface area contributed by atoms with Crippen molar-refractivity contribution in [3.8, 4) is 5.75 Å². The summed E-state index contributed by atoms with van der Waals surface area (Å²) in [4.78, 5) is 32.6. The third-order valence-corrected chi connectivity index (χ3v) is 7.33. The monoisotopic (exact) mass is 427 g/mol. The number of amides is 2. The van der Waals surface area contributed by atoms with Gasteiger partial charge in [-0.2, -0.15) is 0 Å². The van der Waals surface area contributed by atoms with Crippen molar-refractivity contribution in [3.05, 3.63) is 45.9 Å². The normalized spacial score (nSPS) is 19.8. The van der Waals surface area contributed by atoms with E-state index in [9.17, 15) is 9.59 Å². The molecule has 6 nitrogen and oxygen atoms in total. The SMILES string of the molecule is Cc1ncsc1C(=O)N1CCC2(CCCCCOc3ccccc3C(=O)NC2)CC1. The molecule has 1 spiro atoms. The van der Waals surface area contributed by atoms with Gasteiger partial charge in [0.1, 0.15) is 10.6 Å². The summed E-state index contributed by atoms with van der Waals surface area (Å²) in [5.41, 5.74) is 3.19. The highest BCUT2D eigenvalue weighted by molar-refractivity contribution is 7.11. The van der Waals surface area contributed by atoms with E-state index in [0.29, 0.717) is 24.5 Å². The molecule has 160 valence electrons. The van der Waals surface area contributed by atoms with Crippen LogP contribution >= 0.6 is 11.3 Å². The van der Waals surface area contributed by atoms with Crippen molar-refractivity contribution in [2.24, 2.45) is 5.41 Å². The minimum Gasteiger partial charge on any atom is -0.493 e. The zero-order valence-corrected chi connectivity index (χ0v) is 18.3. The van der Waals surface area contributed by atoms with Crippen LogP contribution in [0.4, 0.5) is 0 Å². The van der Waals surface area contributed by atoms with Crippen LogP contribution in [0.2, 0.25) is 0 Å². The van der Waals surface area contributed by atoms with Crippen LogP contribution in [-0.2, 0) is 0 Å². The molecule has 4 rings (SSSR count). The highest BCUT2D eigenvalue weighted by atomic mass is 32.1. The van der Waals surface area contributed by atoms with E-state index < -0.39 is 0 Å². The minimum atomic E-state index is -0.0793. The number of para-hydroxylation sites is 1. The van der Waals surface area contributed by atoms with Crippen LogP contribution in [0.25, 0.3) is 0 Å². The number of nitrogens with one attached hydrogen (secondary N) is 1. The number of hydrogen-bond acceptors (Lipinski definition) is 5. The predicted molar refractivity (Wildman–Crippen MR) is 117 cm³/mol. The standard InChI is InChI=1S/C23H29N3O3S/c1-17-20(30-16-25-17)22(28)26-12-10-23(11-13-26)9-5-2-6-14-29-19-8-4-3-7-18(19)21(27)24-15-23/h3-4,7-8,16H,2,5-6,9-15H2,1H3,(H,24,27). The molecule has 0 radical (unpaired) electrons. The van der Waals surface area contributed by atoms with E-state index in [1.54, 1.807) is 5.51 Å². The number of ether oxygens (including phenoxy) is 1. The van der Waals surface area contributed by atoms with E-state index >= 15 is 0 Å². The average Bonchev–Trinajstić information content (AvgIpc) is 3.20. The zero-order valence-electron chi connectivity index (χ0n) is 17.5. The number of fused-ring (bicyclic) bond motifs is 1. The molecule has 0 atom stereocenters. The second-order valence-corrected chi connectivity index (χ2v) is 9.25. The van der Waals surface area contributed by atoms with Crippen molar-refractivity contribution < 1.29 is 14.3 Å². The number of hydrogen-bond donors (Lipinski definition) is 1. The van der Waals surface area contributed by atoms with Crippen LogP contribution in [0, 0.1) is 12.3 Å². The molecule has 1 saturated heterocycles. The summed E-state index contributed by atoms with van der Waals surface area (Å²) >= 11 is 1.42. The van der Waals surface area contributed by atoms with E-state index in [2.05, 4.69) is 10.3 Å². The number of piperidine rings is 1. The molecule has 1 N–H and O–H groups in total. The highest BCUT2D eigenvalue weighted by Gasteiger charge is 2.36. The highest BCUT2D eigenvalue weighted by Crippen LogP contribution is 2.37. The Kier molecular flexibility index (Phi) is 6.37. The molecule has 2 aliphatic heterocycles. The van der Waals surface area contributed by atoms with Crippen LogP contribution in [0.3, 0.4) is 0 Å². The van der Waals surface area contributed by atoms with Gasteiger partial charge in [0.15, 0.2) is 0 Å². The Morgan fingerprint density at radius 3 is 2.73 bits per heavy atom. The van der Waals surface area contributed by atoms with Crippen molar-refractivity contribution >= 4 is 23.2 Å². The summed E-state index contributed by atoms with van der Waals surface area (Å²) in [6.45, 7) is 4.62. The largest absolute Gasteiger partial charge is 0.493 e. The molecule has 0 saturated carbocycles. The number of benzene rings is 1. The first kappa shape index (κ1) is 20.8. The van der Waals surface area contributed by atoms with E-state index in [0.717, 1.165) is 62.2 Å². The Bertz CT molecular complexity index is 903. The summed E-state index contributed by atoms with van der Waals surface area (Å²) < 4.78 is 5.84. The molecule has 3 heterocycles. The Labute approximate surface area is 181 Å². The van der Waals surface area contributed by atoms with Gasteiger partial charge in [0.2, 0.25) is 0 Å². The number of likely N-dealkylation sites (tertiary alicyclic amines) is 1. The lowest BCUT2D eigenvalue weighted by molar-refractivity contribution is 0.0536. The first-order chi connectivity index (χ1) is 14.6. The van der Waals surface area contributed by atoms with E-state index in [1.807, 2.05) is 36.1 Å². The van der Waals surface area contributed by atoms with E-state index in [1.165, 1.54) is 11.3 Å². The number of aromatic nitrogens is 1. The van der Waals surface area contributed by atoms with Crippen molar-refractivity contribution in [1.29, 1.82) is 0 Å². The molecule has 2 aromatic rings. The predicted octanol–water partition coefficient (Wildman–Crippen LogP) is 4.06. The van der Waals surface area contributed by atoms with Gasteiger partial charge in [-0.25, -0.2) is 4.98 Å². The second kappa shape index (κ2) is 9.16. The average molecular weight is 428 g/mol. The second-order valence-electron chi connectivity index (χ2n) is 8.40. The van der Waals surface area contributed by atoms with Gasteiger partial charge in [-0.05, 0) is 50.2 Å². The third kappa shape index (κ3) is 4.51. The van der Waals surface area contributed by atoms with Gasteiger partial charge in [0.05, 0.1) is 23.4 Å². The summed E-state index contributed by atoms with van der Waals surface area (Å²) in [6.07, 6.45) is 6.10. The maximum Gasteiger partial charge on any atom is 0.265 e.